The Balaban J connectivity index is 1.64. The Labute approximate surface area is 137 Å². The number of likely N-dealkylation sites (N-methyl/N-ethyl adjacent to an activating group) is 1. The van der Waals surface area contributed by atoms with Crippen molar-refractivity contribution in [3.8, 4) is 11.1 Å². The van der Waals surface area contributed by atoms with Crippen LogP contribution in [0.4, 0.5) is 0 Å². The molecule has 0 radical (unpaired) electrons. The molecule has 2 aromatic rings. The minimum absolute atomic E-state index is 0.0523. The van der Waals surface area contributed by atoms with Crippen LogP contribution in [0.5, 0.6) is 0 Å². The van der Waals surface area contributed by atoms with Crippen LogP contribution in [0.15, 0.2) is 59.7 Å². The monoisotopic (exact) mass is 307 g/mol. The Morgan fingerprint density at radius 1 is 0.913 bits per heavy atom. The standard InChI is InChI=1S/C19H21N3O/c1-21-11-13-22(14-12-21)20-15-19(23)18-9-7-17(8-10-18)16-5-3-2-4-6-16/h2-10,15H,11-14H2,1H3/b20-15+. The Kier molecular flexibility index (Phi) is 4.83. The number of carbonyl (C=O) groups is 1. The predicted molar refractivity (Wildman–Crippen MR) is 93.8 cm³/mol. The van der Waals surface area contributed by atoms with Crippen molar-refractivity contribution in [1.82, 2.24) is 9.91 Å². The van der Waals surface area contributed by atoms with Crippen LogP contribution in [0.1, 0.15) is 10.4 Å². The van der Waals surface area contributed by atoms with Crippen molar-refractivity contribution >= 4 is 12.0 Å². The number of nitrogens with zero attached hydrogens (tertiary/aromatic N) is 3. The SMILES string of the molecule is CN1CCN(/N=C/C(=O)c2ccc(-c3ccccc3)cc2)CC1. The van der Waals surface area contributed by atoms with Crippen LogP contribution in [-0.2, 0) is 0 Å². The third-order valence-corrected chi connectivity index (χ3v) is 4.09. The fourth-order valence-electron chi connectivity index (χ4n) is 2.58. The summed E-state index contributed by atoms with van der Waals surface area (Å²) in [6.45, 7) is 3.70. The van der Waals surface area contributed by atoms with Gasteiger partial charge in [0.1, 0.15) is 0 Å². The number of ketones is 1. The van der Waals surface area contributed by atoms with Crippen LogP contribution < -0.4 is 0 Å². The highest BCUT2D eigenvalue weighted by Crippen LogP contribution is 2.19. The number of hydrogen-bond acceptors (Lipinski definition) is 4. The normalized spacial score (nSPS) is 16.0. The van der Waals surface area contributed by atoms with Crippen LogP contribution in [0.3, 0.4) is 0 Å². The van der Waals surface area contributed by atoms with E-state index in [0.29, 0.717) is 5.56 Å². The molecule has 0 aliphatic carbocycles. The average molecular weight is 307 g/mol. The Morgan fingerprint density at radius 3 is 2.17 bits per heavy atom. The minimum atomic E-state index is -0.0523. The summed E-state index contributed by atoms with van der Waals surface area (Å²) in [5.74, 6) is -0.0523. The second kappa shape index (κ2) is 7.20. The van der Waals surface area contributed by atoms with Crippen LogP contribution >= 0.6 is 0 Å². The smallest absolute Gasteiger partial charge is 0.205 e. The third kappa shape index (κ3) is 4.05. The Morgan fingerprint density at radius 2 is 1.52 bits per heavy atom. The van der Waals surface area contributed by atoms with Crippen LogP contribution in [0, 0.1) is 0 Å². The minimum Gasteiger partial charge on any atom is -0.303 e. The van der Waals surface area contributed by atoms with E-state index in [-0.39, 0.29) is 5.78 Å². The van der Waals surface area contributed by atoms with Gasteiger partial charge in [-0.3, -0.25) is 9.80 Å². The highest BCUT2D eigenvalue weighted by atomic mass is 16.1. The van der Waals surface area contributed by atoms with Gasteiger partial charge in [0.2, 0.25) is 5.78 Å². The highest BCUT2D eigenvalue weighted by molar-refractivity contribution is 6.35. The van der Waals surface area contributed by atoms with Gasteiger partial charge in [0.05, 0.1) is 6.21 Å². The van der Waals surface area contributed by atoms with Gasteiger partial charge in [-0.25, -0.2) is 0 Å². The molecule has 0 aromatic heterocycles. The predicted octanol–water partition coefficient (Wildman–Crippen LogP) is 2.77. The number of piperazine rings is 1. The molecule has 3 rings (SSSR count). The lowest BCUT2D eigenvalue weighted by atomic mass is 10.0. The molecule has 4 nitrogen and oxygen atoms in total. The molecule has 118 valence electrons. The summed E-state index contributed by atoms with van der Waals surface area (Å²) in [7, 11) is 2.10. The summed E-state index contributed by atoms with van der Waals surface area (Å²) in [6, 6.07) is 17.8. The molecular weight excluding hydrogens is 286 g/mol. The molecule has 0 unspecified atom stereocenters. The second-order valence-corrected chi connectivity index (χ2v) is 5.81. The van der Waals surface area contributed by atoms with Crippen molar-refractivity contribution in [2.45, 2.75) is 0 Å². The maximum atomic E-state index is 12.2. The molecule has 1 aliphatic heterocycles. The van der Waals surface area contributed by atoms with E-state index < -0.39 is 0 Å². The molecule has 1 saturated heterocycles. The number of rotatable bonds is 4. The summed E-state index contributed by atoms with van der Waals surface area (Å²) in [4.78, 5) is 14.5. The highest BCUT2D eigenvalue weighted by Gasteiger charge is 2.11. The van der Waals surface area contributed by atoms with Crippen molar-refractivity contribution < 1.29 is 4.79 Å². The summed E-state index contributed by atoms with van der Waals surface area (Å²) >= 11 is 0. The molecule has 0 saturated carbocycles. The van der Waals surface area contributed by atoms with Crippen molar-refractivity contribution in [3.05, 3.63) is 60.2 Å². The number of Topliss-reactive ketones (excluding diaryl/α,β-unsaturated/α-hetero) is 1. The molecule has 4 heteroatoms. The van der Waals surface area contributed by atoms with E-state index in [9.17, 15) is 4.79 Å². The maximum Gasteiger partial charge on any atom is 0.205 e. The Bertz CT molecular complexity index is 672. The second-order valence-electron chi connectivity index (χ2n) is 5.81. The van der Waals surface area contributed by atoms with Gasteiger partial charge in [-0.05, 0) is 18.2 Å². The molecule has 0 bridgehead atoms. The van der Waals surface area contributed by atoms with E-state index in [2.05, 4.69) is 29.2 Å². The number of carbonyl (C=O) groups excluding carboxylic acids is 1. The molecule has 2 aromatic carbocycles. The zero-order chi connectivity index (χ0) is 16.1. The van der Waals surface area contributed by atoms with Crippen molar-refractivity contribution in [2.75, 3.05) is 33.2 Å². The summed E-state index contributed by atoms with van der Waals surface area (Å²) in [6.07, 6.45) is 1.43. The molecule has 1 heterocycles. The molecule has 0 spiro atoms. The van der Waals surface area contributed by atoms with E-state index in [1.165, 1.54) is 6.21 Å². The molecule has 1 aliphatic rings. The van der Waals surface area contributed by atoms with E-state index in [4.69, 9.17) is 0 Å². The zero-order valence-electron chi connectivity index (χ0n) is 13.4. The third-order valence-electron chi connectivity index (χ3n) is 4.09. The number of benzene rings is 2. The summed E-state index contributed by atoms with van der Waals surface area (Å²) in [5, 5.41) is 6.26. The van der Waals surface area contributed by atoms with Crippen LogP contribution in [-0.4, -0.2) is 55.1 Å². The van der Waals surface area contributed by atoms with E-state index in [0.717, 1.165) is 37.3 Å². The average Bonchev–Trinajstić information content (AvgIpc) is 2.62. The number of hydrazone groups is 1. The quantitative estimate of drug-likeness (QED) is 0.644. The van der Waals surface area contributed by atoms with Crippen LogP contribution in [0.25, 0.3) is 11.1 Å². The number of hydrogen-bond donors (Lipinski definition) is 0. The van der Waals surface area contributed by atoms with Crippen LogP contribution in [0.2, 0.25) is 0 Å². The van der Waals surface area contributed by atoms with Gasteiger partial charge in [-0.15, -0.1) is 0 Å². The fraction of sp³-hybridized carbons (Fsp3) is 0.263. The van der Waals surface area contributed by atoms with Gasteiger partial charge in [0.15, 0.2) is 0 Å². The first kappa shape index (κ1) is 15.4. The molecular formula is C19H21N3O. The summed E-state index contributed by atoms with van der Waals surface area (Å²) in [5.41, 5.74) is 2.93. The molecule has 1 fully saturated rings. The molecule has 0 amide bonds. The van der Waals surface area contributed by atoms with Gasteiger partial charge in [0, 0.05) is 31.7 Å². The van der Waals surface area contributed by atoms with Crippen molar-refractivity contribution in [1.29, 1.82) is 0 Å². The first-order chi connectivity index (χ1) is 11.2. The largest absolute Gasteiger partial charge is 0.303 e. The van der Waals surface area contributed by atoms with Gasteiger partial charge in [-0.1, -0.05) is 54.6 Å². The zero-order valence-corrected chi connectivity index (χ0v) is 13.4. The first-order valence-electron chi connectivity index (χ1n) is 7.90. The topological polar surface area (TPSA) is 35.9 Å². The van der Waals surface area contributed by atoms with Gasteiger partial charge in [0.25, 0.3) is 0 Å². The molecule has 0 atom stereocenters. The van der Waals surface area contributed by atoms with E-state index >= 15 is 0 Å². The van der Waals surface area contributed by atoms with Crippen molar-refractivity contribution in [3.63, 3.8) is 0 Å². The lowest BCUT2D eigenvalue weighted by molar-refractivity contribution is 0.106. The van der Waals surface area contributed by atoms with Gasteiger partial charge < -0.3 is 4.90 Å². The molecule has 0 N–H and O–H groups in total. The van der Waals surface area contributed by atoms with E-state index in [1.807, 2.05) is 47.5 Å². The first-order valence-corrected chi connectivity index (χ1v) is 7.90. The summed E-state index contributed by atoms with van der Waals surface area (Å²) < 4.78 is 0. The molecule has 23 heavy (non-hydrogen) atoms. The van der Waals surface area contributed by atoms with Gasteiger partial charge >= 0.3 is 0 Å². The lowest BCUT2D eigenvalue weighted by Crippen LogP contribution is -2.41. The maximum absolute atomic E-state index is 12.2. The van der Waals surface area contributed by atoms with Crippen molar-refractivity contribution in [2.24, 2.45) is 5.10 Å². The fourth-order valence-corrected chi connectivity index (χ4v) is 2.58. The van der Waals surface area contributed by atoms with Gasteiger partial charge in [-0.2, -0.15) is 5.10 Å². The lowest BCUT2D eigenvalue weighted by Gasteiger charge is -2.30. The Hall–Kier alpha value is -2.46. The van der Waals surface area contributed by atoms with E-state index in [1.54, 1.807) is 0 Å².